The van der Waals surface area contributed by atoms with E-state index in [2.05, 4.69) is 31.3 Å². The third kappa shape index (κ3) is 43.7. The van der Waals surface area contributed by atoms with Gasteiger partial charge in [0.25, 0.3) is 0 Å². The number of hydrogen-bond acceptors (Lipinski definition) is 5. The number of aliphatic hydroxyl groups excluding tert-OH is 2. The van der Waals surface area contributed by atoms with Gasteiger partial charge in [0.2, 0.25) is 5.91 Å². The summed E-state index contributed by atoms with van der Waals surface area (Å²) in [5.41, 5.74) is 0. The van der Waals surface area contributed by atoms with Crippen molar-refractivity contribution < 1.29 is 24.5 Å². The summed E-state index contributed by atoms with van der Waals surface area (Å²) in [6, 6.07) is -0.637. The second-order valence-corrected chi connectivity index (χ2v) is 17.1. The van der Waals surface area contributed by atoms with Gasteiger partial charge in [-0.1, -0.05) is 218 Å². The molecule has 0 aliphatic rings. The van der Waals surface area contributed by atoms with Gasteiger partial charge in [0.15, 0.2) is 0 Å². The number of carbonyl (C=O) groups excluding carboxylic acids is 2. The van der Waals surface area contributed by atoms with E-state index in [0.29, 0.717) is 19.4 Å². The lowest BCUT2D eigenvalue weighted by Crippen LogP contribution is -2.45. The zero-order valence-corrected chi connectivity index (χ0v) is 38.1. The van der Waals surface area contributed by atoms with Crippen molar-refractivity contribution in [3.63, 3.8) is 0 Å². The number of carbonyl (C=O) groups is 2. The van der Waals surface area contributed by atoms with Crippen molar-refractivity contribution in [1.82, 2.24) is 5.32 Å². The van der Waals surface area contributed by atoms with Gasteiger partial charge in [-0.05, 0) is 57.8 Å². The molecule has 0 bridgehead atoms. The van der Waals surface area contributed by atoms with Gasteiger partial charge in [-0.2, -0.15) is 0 Å². The Labute approximate surface area is 354 Å². The standard InChI is InChI=1S/C51H97NO5/c1-3-5-7-9-11-13-14-15-18-22-25-29-33-37-41-45-51(56)57-46-42-38-34-30-26-23-20-17-16-19-21-24-28-32-36-40-44-50(55)52-48(47-53)49(54)43-39-35-31-27-12-10-8-6-4-2/h16,19,39,43,48-49,53-54H,3-15,17-18,20-38,40-42,44-47H2,1-2H3,(H,52,55)/b19-16-,43-39+. The molecule has 0 aromatic heterocycles. The average molecular weight is 804 g/mol. The minimum absolute atomic E-state index is 0.00175. The van der Waals surface area contributed by atoms with Crippen LogP contribution in [0.15, 0.2) is 24.3 Å². The van der Waals surface area contributed by atoms with E-state index in [1.54, 1.807) is 6.08 Å². The molecule has 0 saturated heterocycles. The molecule has 0 aliphatic heterocycles. The molecule has 3 N–H and O–H groups in total. The predicted octanol–water partition coefficient (Wildman–Crippen LogP) is 14.7. The zero-order chi connectivity index (χ0) is 41.5. The Morgan fingerprint density at radius 1 is 0.474 bits per heavy atom. The average Bonchev–Trinajstić information content (AvgIpc) is 3.21. The molecule has 0 heterocycles. The van der Waals surface area contributed by atoms with Crippen LogP contribution in [0.2, 0.25) is 0 Å². The fourth-order valence-electron chi connectivity index (χ4n) is 7.57. The molecule has 0 aliphatic carbocycles. The van der Waals surface area contributed by atoms with Crippen molar-refractivity contribution in [2.45, 2.75) is 276 Å². The maximum atomic E-state index is 12.3. The Hall–Kier alpha value is -1.66. The van der Waals surface area contributed by atoms with E-state index in [1.807, 2.05) is 6.08 Å². The highest BCUT2D eigenvalue weighted by molar-refractivity contribution is 5.76. The number of aliphatic hydroxyl groups is 2. The minimum Gasteiger partial charge on any atom is -0.466 e. The summed E-state index contributed by atoms with van der Waals surface area (Å²) < 4.78 is 5.46. The Bertz CT molecular complexity index is 889. The van der Waals surface area contributed by atoms with Gasteiger partial charge >= 0.3 is 5.97 Å². The summed E-state index contributed by atoms with van der Waals surface area (Å²) >= 11 is 0. The summed E-state index contributed by atoms with van der Waals surface area (Å²) in [6.07, 6.45) is 54.7. The first-order valence-electron chi connectivity index (χ1n) is 25.1. The maximum Gasteiger partial charge on any atom is 0.305 e. The van der Waals surface area contributed by atoms with Crippen LogP contribution in [0.4, 0.5) is 0 Å². The van der Waals surface area contributed by atoms with Gasteiger partial charge in [-0.3, -0.25) is 9.59 Å². The molecule has 6 nitrogen and oxygen atoms in total. The molecule has 0 spiro atoms. The molecule has 57 heavy (non-hydrogen) atoms. The van der Waals surface area contributed by atoms with Gasteiger partial charge in [-0.15, -0.1) is 0 Å². The second kappa shape index (κ2) is 47.0. The van der Waals surface area contributed by atoms with E-state index in [9.17, 15) is 19.8 Å². The largest absolute Gasteiger partial charge is 0.466 e. The summed E-state index contributed by atoms with van der Waals surface area (Å²) in [4.78, 5) is 24.4. The first-order chi connectivity index (χ1) is 28.0. The predicted molar refractivity (Wildman–Crippen MR) is 246 cm³/mol. The lowest BCUT2D eigenvalue weighted by Gasteiger charge is -2.20. The lowest BCUT2D eigenvalue weighted by molar-refractivity contribution is -0.143. The van der Waals surface area contributed by atoms with E-state index >= 15 is 0 Å². The Balaban J connectivity index is 3.45. The number of esters is 1. The van der Waals surface area contributed by atoms with Crippen molar-refractivity contribution in [2.75, 3.05) is 13.2 Å². The van der Waals surface area contributed by atoms with Crippen LogP contribution in [0.1, 0.15) is 264 Å². The smallest absolute Gasteiger partial charge is 0.305 e. The number of ether oxygens (including phenoxy) is 1. The molecular weight excluding hydrogens is 707 g/mol. The molecule has 2 atom stereocenters. The van der Waals surface area contributed by atoms with Crippen LogP contribution in [0.25, 0.3) is 0 Å². The summed E-state index contributed by atoms with van der Waals surface area (Å²) in [5.74, 6) is -0.0899. The second-order valence-electron chi connectivity index (χ2n) is 17.1. The fraction of sp³-hybridized carbons (Fsp3) is 0.882. The van der Waals surface area contributed by atoms with Crippen LogP contribution in [-0.2, 0) is 14.3 Å². The van der Waals surface area contributed by atoms with Crippen LogP contribution >= 0.6 is 0 Å². The van der Waals surface area contributed by atoms with E-state index < -0.39 is 12.1 Å². The molecule has 6 heteroatoms. The van der Waals surface area contributed by atoms with Crippen molar-refractivity contribution in [2.24, 2.45) is 0 Å². The van der Waals surface area contributed by atoms with Gasteiger partial charge < -0.3 is 20.3 Å². The number of amides is 1. The van der Waals surface area contributed by atoms with Crippen molar-refractivity contribution in [3.8, 4) is 0 Å². The van der Waals surface area contributed by atoms with E-state index in [-0.39, 0.29) is 18.5 Å². The van der Waals surface area contributed by atoms with Gasteiger partial charge in [-0.25, -0.2) is 0 Å². The third-order valence-electron chi connectivity index (χ3n) is 11.5. The van der Waals surface area contributed by atoms with Crippen LogP contribution < -0.4 is 5.32 Å². The normalized spacial score (nSPS) is 12.8. The maximum absolute atomic E-state index is 12.3. The number of rotatable bonds is 46. The molecule has 2 unspecified atom stereocenters. The van der Waals surface area contributed by atoms with Gasteiger partial charge in [0.05, 0.1) is 25.4 Å². The topological polar surface area (TPSA) is 95.9 Å². The molecule has 0 fully saturated rings. The summed E-state index contributed by atoms with van der Waals surface area (Å²) in [5, 5.41) is 22.9. The number of allylic oxidation sites excluding steroid dienone is 3. The van der Waals surface area contributed by atoms with E-state index in [0.717, 1.165) is 64.2 Å². The third-order valence-corrected chi connectivity index (χ3v) is 11.5. The molecule has 0 aromatic carbocycles. The Morgan fingerprint density at radius 2 is 0.825 bits per heavy atom. The van der Waals surface area contributed by atoms with Crippen molar-refractivity contribution in [1.29, 1.82) is 0 Å². The number of nitrogens with one attached hydrogen (secondary N) is 1. The molecular formula is C51H97NO5. The summed E-state index contributed by atoms with van der Waals surface area (Å²) in [6.45, 7) is 4.85. The monoisotopic (exact) mass is 804 g/mol. The molecule has 0 saturated carbocycles. The van der Waals surface area contributed by atoms with Crippen LogP contribution in [0.5, 0.6) is 0 Å². The molecule has 1 amide bonds. The van der Waals surface area contributed by atoms with Gasteiger partial charge in [0.1, 0.15) is 0 Å². The van der Waals surface area contributed by atoms with Crippen LogP contribution in [-0.4, -0.2) is 47.4 Å². The molecule has 0 radical (unpaired) electrons. The Morgan fingerprint density at radius 3 is 1.25 bits per heavy atom. The minimum atomic E-state index is -0.852. The fourth-order valence-corrected chi connectivity index (χ4v) is 7.57. The highest BCUT2D eigenvalue weighted by atomic mass is 16.5. The van der Waals surface area contributed by atoms with E-state index in [4.69, 9.17) is 4.74 Å². The first-order valence-corrected chi connectivity index (χ1v) is 25.1. The number of unbranched alkanes of at least 4 members (excludes halogenated alkanes) is 33. The van der Waals surface area contributed by atoms with Crippen molar-refractivity contribution in [3.05, 3.63) is 24.3 Å². The Kier molecular flexibility index (Phi) is 45.7. The highest BCUT2D eigenvalue weighted by Crippen LogP contribution is 2.15. The molecule has 336 valence electrons. The summed E-state index contributed by atoms with van der Waals surface area (Å²) in [7, 11) is 0. The van der Waals surface area contributed by atoms with Crippen molar-refractivity contribution >= 4 is 11.9 Å². The quantitative estimate of drug-likeness (QED) is 0.0324. The molecule has 0 rings (SSSR count). The van der Waals surface area contributed by atoms with Crippen LogP contribution in [0.3, 0.4) is 0 Å². The molecule has 0 aromatic rings. The highest BCUT2D eigenvalue weighted by Gasteiger charge is 2.18. The first kappa shape index (κ1) is 55.3. The zero-order valence-electron chi connectivity index (χ0n) is 38.1. The SMILES string of the molecule is CCCCCCCCC/C=C/C(O)C(CO)NC(=O)CCCCCCC/C=C\CCCCCCCCCOC(=O)CCCCCCCCCCCCCCCCC. The van der Waals surface area contributed by atoms with E-state index in [1.165, 1.54) is 173 Å². The van der Waals surface area contributed by atoms with Gasteiger partial charge in [0, 0.05) is 12.8 Å². The lowest BCUT2D eigenvalue weighted by atomic mass is 10.0. The number of hydrogen-bond donors (Lipinski definition) is 3. The van der Waals surface area contributed by atoms with Crippen LogP contribution in [0, 0.1) is 0 Å².